The number of aliphatic hydroxyl groups is 2. The zero-order valence-electron chi connectivity index (χ0n) is 26.5. The lowest BCUT2D eigenvalue weighted by Gasteiger charge is -2.18. The van der Waals surface area contributed by atoms with E-state index in [2.05, 4.69) is 20.6 Å². The van der Waals surface area contributed by atoms with E-state index in [1.165, 1.54) is 25.1 Å². The van der Waals surface area contributed by atoms with E-state index in [9.17, 15) is 52.0 Å². The smallest absolute Gasteiger partial charge is 0.490 e. The first-order valence-electron chi connectivity index (χ1n) is 14.6. The second-order valence-corrected chi connectivity index (χ2v) is 10.8. The number of nitrogens with one attached hydrogen (secondary N) is 2. The molecule has 51 heavy (non-hydrogen) atoms. The maximum atomic E-state index is 14.9. The first-order valence-corrected chi connectivity index (χ1v) is 14.6. The predicted octanol–water partition coefficient (Wildman–Crippen LogP) is 4.40. The van der Waals surface area contributed by atoms with Gasteiger partial charge in [-0.25, -0.2) is 18.6 Å². The average Bonchev–Trinajstić information content (AvgIpc) is 3.07. The van der Waals surface area contributed by atoms with Crippen molar-refractivity contribution in [1.29, 1.82) is 0 Å². The summed E-state index contributed by atoms with van der Waals surface area (Å²) in [6, 6.07) is 12.1. The number of aryl methyl sites for hydroxylation is 1. The number of carbonyl (C=O) groups excluding carboxylic acids is 1. The highest BCUT2D eigenvalue weighted by Crippen LogP contribution is 2.33. The van der Waals surface area contributed by atoms with Crippen molar-refractivity contribution in [3.8, 4) is 28.4 Å². The minimum absolute atomic E-state index is 0.00155. The molecule has 7 N–H and O–H groups in total. The van der Waals surface area contributed by atoms with E-state index in [0.717, 1.165) is 28.8 Å². The Morgan fingerprint density at radius 3 is 2.04 bits per heavy atom. The van der Waals surface area contributed by atoms with Gasteiger partial charge < -0.3 is 36.2 Å². The molecule has 0 unspecified atom stereocenters. The summed E-state index contributed by atoms with van der Waals surface area (Å²) in [6.07, 6.45) is -5.08. The van der Waals surface area contributed by atoms with E-state index >= 15 is 0 Å². The van der Waals surface area contributed by atoms with E-state index in [-0.39, 0.29) is 45.3 Å². The molecule has 3 aromatic carbocycles. The molecule has 2 aromatic heterocycles. The summed E-state index contributed by atoms with van der Waals surface area (Å²) >= 11 is 0. The van der Waals surface area contributed by atoms with Crippen LogP contribution in [0.4, 0.5) is 33.6 Å². The van der Waals surface area contributed by atoms with Crippen LogP contribution in [0.15, 0.2) is 65.5 Å². The molecule has 0 fully saturated rings. The number of aliphatic carboxylic acids is 1. The lowest BCUT2D eigenvalue weighted by atomic mass is 10.0. The standard InChI is InChI=1S/C31H27F2N5O6.C2HF3O2/c1-15-6-7-18(34-30(44)17-10-24(41)16(2)25(42)11-17)12-21(15)27-20-8-9-26(43)38(28-22(32)4-3-5-23(28)33)29(20)37-31(36-27)35-19(13-39)14-40;3-2(4,5)1(6)7/h3-12,19,39-42H,13-14H2,1-2H3,(H,34,44)(H,35,36,37);(H,6,7). The largest absolute Gasteiger partial charge is 0.508 e. The Labute approximate surface area is 283 Å². The maximum Gasteiger partial charge on any atom is 0.490 e. The Bertz CT molecular complexity index is 2150. The zero-order chi connectivity index (χ0) is 37.8. The number of nitrogens with zero attached hydrogens (tertiary/aromatic N) is 3. The molecule has 2 heterocycles. The molecule has 0 saturated heterocycles. The number of aromatic nitrogens is 3. The number of carboxylic acid groups (broad SMARTS) is 1. The monoisotopic (exact) mass is 717 g/mol. The van der Waals surface area contributed by atoms with Gasteiger partial charge in [-0.2, -0.15) is 18.2 Å². The number of alkyl halides is 3. The number of hydrogen-bond acceptors (Lipinski definition) is 10. The number of fused-ring (bicyclic) bond motifs is 1. The van der Waals surface area contributed by atoms with Crippen LogP contribution >= 0.6 is 0 Å². The van der Waals surface area contributed by atoms with E-state index in [1.807, 2.05) is 0 Å². The van der Waals surface area contributed by atoms with Gasteiger partial charge in [-0.1, -0.05) is 12.1 Å². The van der Waals surface area contributed by atoms with Crippen molar-refractivity contribution in [2.24, 2.45) is 0 Å². The highest BCUT2D eigenvalue weighted by atomic mass is 19.4. The number of phenols is 2. The van der Waals surface area contributed by atoms with Gasteiger partial charge >= 0.3 is 12.1 Å². The van der Waals surface area contributed by atoms with Crippen LogP contribution in [-0.2, 0) is 4.79 Å². The summed E-state index contributed by atoms with van der Waals surface area (Å²) in [5, 5.41) is 52.2. The average molecular weight is 718 g/mol. The lowest BCUT2D eigenvalue weighted by molar-refractivity contribution is -0.192. The fraction of sp³-hybridized carbons (Fsp3) is 0.182. The molecule has 5 rings (SSSR count). The highest BCUT2D eigenvalue weighted by Gasteiger charge is 2.38. The first-order chi connectivity index (χ1) is 24.0. The molecule has 0 aliphatic carbocycles. The van der Waals surface area contributed by atoms with Crippen molar-refractivity contribution in [3.63, 3.8) is 0 Å². The third-order valence-electron chi connectivity index (χ3n) is 7.29. The minimum Gasteiger partial charge on any atom is -0.508 e. The number of carboxylic acids is 1. The molecule has 0 spiro atoms. The van der Waals surface area contributed by atoms with Gasteiger partial charge in [0.2, 0.25) is 5.95 Å². The number of hydrogen-bond donors (Lipinski definition) is 7. The second kappa shape index (κ2) is 15.2. The Morgan fingerprint density at radius 2 is 1.49 bits per heavy atom. The number of para-hydroxylation sites is 1. The molecule has 5 aromatic rings. The number of amides is 1. The highest BCUT2D eigenvalue weighted by molar-refractivity contribution is 6.05. The number of halogens is 5. The van der Waals surface area contributed by atoms with Crippen LogP contribution < -0.4 is 16.2 Å². The van der Waals surface area contributed by atoms with Gasteiger partial charge in [0.15, 0.2) is 5.65 Å². The van der Waals surface area contributed by atoms with Crippen LogP contribution in [0.25, 0.3) is 28.0 Å². The molecule has 18 heteroatoms. The van der Waals surface area contributed by atoms with Crippen molar-refractivity contribution in [1.82, 2.24) is 14.5 Å². The van der Waals surface area contributed by atoms with Gasteiger partial charge in [0.1, 0.15) is 28.8 Å². The third kappa shape index (κ3) is 8.36. The molecule has 0 aliphatic rings. The van der Waals surface area contributed by atoms with Crippen LogP contribution in [0, 0.1) is 25.5 Å². The molecule has 0 aliphatic heterocycles. The SMILES string of the molecule is Cc1ccc(NC(=O)c2cc(O)c(C)c(O)c2)cc1-c1nc(NC(CO)CO)nc2c1ccc(=O)n2-c1c(F)cccc1F.O=C(O)C(F)(F)F. The normalized spacial score (nSPS) is 11.3. The van der Waals surface area contributed by atoms with Crippen molar-refractivity contribution >= 4 is 34.5 Å². The number of anilines is 2. The summed E-state index contributed by atoms with van der Waals surface area (Å²) in [6.45, 7) is 2.26. The fourth-order valence-electron chi connectivity index (χ4n) is 4.61. The van der Waals surface area contributed by atoms with E-state index < -0.39 is 60.2 Å². The maximum absolute atomic E-state index is 14.9. The van der Waals surface area contributed by atoms with Crippen molar-refractivity contribution in [2.45, 2.75) is 26.1 Å². The summed E-state index contributed by atoms with van der Waals surface area (Å²) < 4.78 is 62.4. The van der Waals surface area contributed by atoms with Crippen molar-refractivity contribution < 1.29 is 57.1 Å². The van der Waals surface area contributed by atoms with Gasteiger partial charge in [0.25, 0.3) is 11.5 Å². The number of carbonyl (C=O) groups is 2. The third-order valence-corrected chi connectivity index (χ3v) is 7.29. The summed E-state index contributed by atoms with van der Waals surface area (Å²) in [7, 11) is 0. The van der Waals surface area contributed by atoms with E-state index in [4.69, 9.17) is 9.90 Å². The van der Waals surface area contributed by atoms with Crippen LogP contribution in [0.5, 0.6) is 11.5 Å². The van der Waals surface area contributed by atoms with Crippen LogP contribution in [0.3, 0.4) is 0 Å². The van der Waals surface area contributed by atoms with Gasteiger partial charge in [-0.05, 0) is 61.9 Å². The number of aliphatic hydroxyl groups excluding tert-OH is 2. The lowest BCUT2D eigenvalue weighted by Crippen LogP contribution is -2.29. The van der Waals surface area contributed by atoms with Crippen molar-refractivity contribution in [3.05, 3.63) is 99.3 Å². The molecule has 0 saturated carbocycles. The molecule has 13 nitrogen and oxygen atoms in total. The van der Waals surface area contributed by atoms with Gasteiger partial charge in [-0.15, -0.1) is 0 Å². The summed E-state index contributed by atoms with van der Waals surface area (Å²) in [4.78, 5) is 43.9. The Hall–Kier alpha value is -6.14. The topological polar surface area (TPSA) is 207 Å². The zero-order valence-corrected chi connectivity index (χ0v) is 26.5. The number of aromatic hydroxyl groups is 2. The van der Waals surface area contributed by atoms with Gasteiger partial charge in [0, 0.05) is 33.8 Å². The molecule has 0 radical (unpaired) electrons. The quantitative estimate of drug-likeness (QED) is 0.112. The number of phenolic OH excluding ortho intramolecular Hbond substituents is 2. The molecule has 268 valence electrons. The van der Waals surface area contributed by atoms with Crippen LogP contribution in [-0.4, -0.2) is 77.4 Å². The number of rotatable bonds is 8. The molecule has 0 atom stereocenters. The fourth-order valence-corrected chi connectivity index (χ4v) is 4.61. The predicted molar refractivity (Wildman–Crippen MR) is 173 cm³/mol. The van der Waals surface area contributed by atoms with Crippen molar-refractivity contribution in [2.75, 3.05) is 23.8 Å². The Kier molecular flexibility index (Phi) is 11.2. The molecular formula is C33H28F5N5O8. The Balaban J connectivity index is 0.000000755. The Morgan fingerprint density at radius 1 is 0.902 bits per heavy atom. The number of benzene rings is 3. The summed E-state index contributed by atoms with van der Waals surface area (Å²) in [5.74, 6) is -6.07. The summed E-state index contributed by atoms with van der Waals surface area (Å²) in [5.41, 5.74) is 0.238. The minimum atomic E-state index is -5.08. The molecular weight excluding hydrogens is 689 g/mol. The van der Waals surface area contributed by atoms with Crippen LogP contribution in [0.2, 0.25) is 0 Å². The molecule has 0 bridgehead atoms. The van der Waals surface area contributed by atoms with Gasteiger partial charge in [0.05, 0.1) is 24.9 Å². The van der Waals surface area contributed by atoms with E-state index in [1.54, 1.807) is 25.1 Å². The van der Waals surface area contributed by atoms with E-state index in [0.29, 0.717) is 16.8 Å². The van der Waals surface area contributed by atoms with Gasteiger partial charge in [-0.3, -0.25) is 14.2 Å². The first kappa shape index (κ1) is 37.7. The molecule has 1 amide bonds. The number of pyridine rings is 1. The second-order valence-electron chi connectivity index (χ2n) is 10.8. The van der Waals surface area contributed by atoms with Crippen LogP contribution in [0.1, 0.15) is 21.5 Å².